The van der Waals surface area contributed by atoms with Gasteiger partial charge in [-0.2, -0.15) is 4.68 Å². The van der Waals surface area contributed by atoms with Crippen LogP contribution in [0.5, 0.6) is 5.75 Å². The van der Waals surface area contributed by atoms with E-state index in [1.807, 2.05) is 12.1 Å². The van der Waals surface area contributed by atoms with E-state index in [1.165, 1.54) is 22.4 Å². The van der Waals surface area contributed by atoms with E-state index in [0.717, 1.165) is 5.75 Å². The summed E-state index contributed by atoms with van der Waals surface area (Å²) in [6, 6.07) is 14.0. The van der Waals surface area contributed by atoms with Gasteiger partial charge < -0.3 is 4.74 Å². The second kappa shape index (κ2) is 6.39. The van der Waals surface area contributed by atoms with Crippen LogP contribution in [-0.4, -0.2) is 20.2 Å². The average molecular weight is 326 g/mol. The van der Waals surface area contributed by atoms with E-state index in [4.69, 9.17) is 4.74 Å². The number of hydrogen-bond donors (Lipinski definition) is 0. The Balaban J connectivity index is 1.72. The van der Waals surface area contributed by atoms with E-state index in [9.17, 15) is 4.39 Å². The Kier molecular flexibility index (Phi) is 4.29. The molecule has 0 saturated carbocycles. The van der Waals surface area contributed by atoms with Crippen molar-refractivity contribution in [2.45, 2.75) is 32.8 Å². The molecule has 124 valence electrons. The average Bonchev–Trinajstić information content (AvgIpc) is 3.02. The molecule has 6 heteroatoms. The zero-order valence-electron chi connectivity index (χ0n) is 13.9. The fourth-order valence-electron chi connectivity index (χ4n) is 2.28. The van der Waals surface area contributed by atoms with Crippen LogP contribution < -0.4 is 4.74 Å². The van der Waals surface area contributed by atoms with E-state index < -0.39 is 0 Å². The van der Waals surface area contributed by atoms with E-state index in [2.05, 4.69) is 48.4 Å². The number of tetrazole rings is 1. The molecule has 3 aromatic rings. The monoisotopic (exact) mass is 326 g/mol. The molecule has 1 heterocycles. The predicted molar refractivity (Wildman–Crippen MR) is 88.6 cm³/mol. The van der Waals surface area contributed by atoms with Crippen molar-refractivity contribution in [3.05, 3.63) is 65.7 Å². The Morgan fingerprint density at radius 3 is 2.29 bits per heavy atom. The van der Waals surface area contributed by atoms with E-state index in [0.29, 0.717) is 11.5 Å². The SMILES string of the molecule is CC(C)(C)c1ccc(OCc2nnnn2-c2ccc(F)cc2)cc1. The lowest BCUT2D eigenvalue weighted by Gasteiger charge is -2.19. The molecule has 0 unspecified atom stereocenters. The first-order valence-corrected chi connectivity index (χ1v) is 7.70. The Labute approximate surface area is 140 Å². The summed E-state index contributed by atoms with van der Waals surface area (Å²) in [4.78, 5) is 0. The molecule has 1 aromatic heterocycles. The van der Waals surface area contributed by atoms with E-state index >= 15 is 0 Å². The smallest absolute Gasteiger partial charge is 0.194 e. The summed E-state index contributed by atoms with van der Waals surface area (Å²) in [6.07, 6.45) is 0. The molecule has 0 N–H and O–H groups in total. The van der Waals surface area contributed by atoms with Crippen LogP contribution in [0.25, 0.3) is 5.69 Å². The Bertz CT molecular complexity index is 804. The van der Waals surface area contributed by atoms with Crippen molar-refractivity contribution in [2.24, 2.45) is 0 Å². The third-order valence-electron chi connectivity index (χ3n) is 3.69. The van der Waals surface area contributed by atoms with Gasteiger partial charge in [-0.1, -0.05) is 32.9 Å². The molecule has 0 radical (unpaired) electrons. The van der Waals surface area contributed by atoms with Crippen molar-refractivity contribution in [3.63, 3.8) is 0 Å². The highest BCUT2D eigenvalue weighted by atomic mass is 19.1. The minimum Gasteiger partial charge on any atom is -0.486 e. The first kappa shape index (κ1) is 16.1. The van der Waals surface area contributed by atoms with Gasteiger partial charge in [0.05, 0.1) is 5.69 Å². The summed E-state index contributed by atoms with van der Waals surface area (Å²) in [6.45, 7) is 6.72. The van der Waals surface area contributed by atoms with Crippen LogP contribution in [0.3, 0.4) is 0 Å². The summed E-state index contributed by atoms with van der Waals surface area (Å²) >= 11 is 0. The van der Waals surface area contributed by atoms with Gasteiger partial charge in [0.25, 0.3) is 0 Å². The summed E-state index contributed by atoms with van der Waals surface area (Å²) in [5.41, 5.74) is 2.03. The van der Waals surface area contributed by atoms with Crippen LogP contribution in [0.2, 0.25) is 0 Å². The molecule has 0 fully saturated rings. The Hall–Kier alpha value is -2.76. The van der Waals surface area contributed by atoms with Gasteiger partial charge in [-0.25, -0.2) is 4.39 Å². The molecule has 0 aliphatic rings. The molecule has 0 amide bonds. The van der Waals surface area contributed by atoms with Crippen LogP contribution in [-0.2, 0) is 12.0 Å². The van der Waals surface area contributed by atoms with Crippen molar-refractivity contribution in [2.75, 3.05) is 0 Å². The van der Waals surface area contributed by atoms with Crippen molar-refractivity contribution in [1.82, 2.24) is 20.2 Å². The number of ether oxygens (including phenoxy) is 1. The van der Waals surface area contributed by atoms with Crippen molar-refractivity contribution in [1.29, 1.82) is 0 Å². The van der Waals surface area contributed by atoms with Gasteiger partial charge in [0.2, 0.25) is 0 Å². The number of nitrogens with zero attached hydrogens (tertiary/aromatic N) is 4. The third-order valence-corrected chi connectivity index (χ3v) is 3.69. The fraction of sp³-hybridized carbons (Fsp3) is 0.278. The second-order valence-corrected chi connectivity index (χ2v) is 6.55. The highest BCUT2D eigenvalue weighted by molar-refractivity contribution is 5.32. The third kappa shape index (κ3) is 3.59. The Morgan fingerprint density at radius 2 is 1.67 bits per heavy atom. The van der Waals surface area contributed by atoms with Crippen molar-refractivity contribution >= 4 is 0 Å². The van der Waals surface area contributed by atoms with Gasteiger partial charge in [-0.05, 0) is 57.8 Å². The van der Waals surface area contributed by atoms with Crippen molar-refractivity contribution in [3.8, 4) is 11.4 Å². The molecule has 0 spiro atoms. The lowest BCUT2D eigenvalue weighted by atomic mass is 9.87. The maximum atomic E-state index is 13.0. The molecule has 0 saturated heterocycles. The molecular formula is C18H19FN4O. The molecule has 0 bridgehead atoms. The predicted octanol–water partition coefficient (Wildman–Crippen LogP) is 3.68. The van der Waals surface area contributed by atoms with E-state index in [-0.39, 0.29) is 17.8 Å². The molecule has 24 heavy (non-hydrogen) atoms. The summed E-state index contributed by atoms with van der Waals surface area (Å²) in [5.74, 6) is 0.988. The minimum absolute atomic E-state index is 0.102. The zero-order chi connectivity index (χ0) is 17.2. The fourth-order valence-corrected chi connectivity index (χ4v) is 2.28. The van der Waals surface area contributed by atoms with Crippen LogP contribution in [0.1, 0.15) is 32.2 Å². The van der Waals surface area contributed by atoms with Gasteiger partial charge >= 0.3 is 0 Å². The number of hydrogen-bond acceptors (Lipinski definition) is 4. The van der Waals surface area contributed by atoms with E-state index in [1.54, 1.807) is 12.1 Å². The largest absolute Gasteiger partial charge is 0.486 e. The maximum Gasteiger partial charge on any atom is 0.194 e. The van der Waals surface area contributed by atoms with Crippen LogP contribution in [0.4, 0.5) is 4.39 Å². The maximum absolute atomic E-state index is 13.0. The first-order valence-electron chi connectivity index (χ1n) is 7.70. The highest BCUT2D eigenvalue weighted by Gasteiger charge is 2.13. The normalized spacial score (nSPS) is 11.5. The summed E-state index contributed by atoms with van der Waals surface area (Å²) in [5, 5.41) is 11.6. The summed E-state index contributed by atoms with van der Waals surface area (Å²) < 4.78 is 20.3. The number of benzene rings is 2. The molecule has 0 aliphatic carbocycles. The highest BCUT2D eigenvalue weighted by Crippen LogP contribution is 2.24. The number of rotatable bonds is 4. The molecular weight excluding hydrogens is 307 g/mol. The van der Waals surface area contributed by atoms with Crippen LogP contribution in [0.15, 0.2) is 48.5 Å². The molecule has 0 atom stereocenters. The lowest BCUT2D eigenvalue weighted by Crippen LogP contribution is -2.11. The second-order valence-electron chi connectivity index (χ2n) is 6.55. The summed E-state index contributed by atoms with van der Waals surface area (Å²) in [7, 11) is 0. The molecule has 3 rings (SSSR count). The first-order chi connectivity index (χ1) is 11.4. The molecule has 0 aliphatic heterocycles. The minimum atomic E-state index is -0.302. The van der Waals surface area contributed by atoms with Crippen molar-refractivity contribution < 1.29 is 9.13 Å². The Morgan fingerprint density at radius 1 is 1.00 bits per heavy atom. The van der Waals surface area contributed by atoms with Gasteiger partial charge in [0, 0.05) is 0 Å². The van der Waals surface area contributed by atoms with Crippen LogP contribution in [0, 0.1) is 5.82 Å². The quantitative estimate of drug-likeness (QED) is 0.734. The van der Waals surface area contributed by atoms with Crippen LogP contribution >= 0.6 is 0 Å². The number of aromatic nitrogens is 4. The van der Waals surface area contributed by atoms with Gasteiger partial charge in [-0.3, -0.25) is 0 Å². The van der Waals surface area contributed by atoms with Gasteiger partial charge in [0.1, 0.15) is 18.2 Å². The molecule has 5 nitrogen and oxygen atoms in total. The van der Waals surface area contributed by atoms with Gasteiger partial charge in [-0.15, -0.1) is 5.10 Å². The standard InChI is InChI=1S/C18H19FN4O/c1-18(2,3)13-4-10-16(11-5-13)24-12-17-20-21-22-23(17)15-8-6-14(19)7-9-15/h4-11H,12H2,1-3H3. The number of halogens is 1. The molecule has 2 aromatic carbocycles. The topological polar surface area (TPSA) is 52.8 Å². The van der Waals surface area contributed by atoms with Gasteiger partial charge in [0.15, 0.2) is 5.82 Å². The zero-order valence-corrected chi connectivity index (χ0v) is 13.9. The lowest BCUT2D eigenvalue weighted by molar-refractivity contribution is 0.292.